The molecule has 0 spiro atoms. The second-order valence-electron chi connectivity index (χ2n) is 6.67. The smallest absolute Gasteiger partial charge is 0.199 e. The molecule has 0 amide bonds. The maximum Gasteiger partial charge on any atom is 0.199 e. The largest absolute Gasteiger partial charge is 0.494 e. The van der Waals surface area contributed by atoms with E-state index in [1.165, 1.54) is 12.1 Å². The third-order valence-electron chi connectivity index (χ3n) is 4.59. The summed E-state index contributed by atoms with van der Waals surface area (Å²) in [6.07, 6.45) is 1.94. The van der Waals surface area contributed by atoms with Gasteiger partial charge in [-0.2, -0.15) is 0 Å². The van der Waals surface area contributed by atoms with Gasteiger partial charge in [-0.3, -0.25) is 0 Å². The molecule has 26 heavy (non-hydrogen) atoms. The van der Waals surface area contributed by atoms with Gasteiger partial charge in [0.05, 0.1) is 11.4 Å². The SMILES string of the molecule is Cc1c(-c2ccc3c(O)n(C(C)C)cc3c2)nnn1-c1cccc(F)c1. The first-order valence-electron chi connectivity index (χ1n) is 8.48. The van der Waals surface area contributed by atoms with Crippen LogP contribution in [0.5, 0.6) is 5.88 Å². The molecule has 1 N–H and O–H groups in total. The van der Waals surface area contributed by atoms with E-state index in [0.29, 0.717) is 5.69 Å². The molecule has 0 radical (unpaired) electrons. The topological polar surface area (TPSA) is 55.9 Å². The Morgan fingerprint density at radius 3 is 2.65 bits per heavy atom. The minimum Gasteiger partial charge on any atom is -0.494 e. The summed E-state index contributed by atoms with van der Waals surface area (Å²) in [6.45, 7) is 5.95. The Labute approximate surface area is 150 Å². The molecule has 0 fully saturated rings. The molecule has 6 heteroatoms. The number of rotatable bonds is 3. The zero-order valence-electron chi connectivity index (χ0n) is 14.8. The van der Waals surface area contributed by atoms with E-state index in [9.17, 15) is 9.50 Å². The molecule has 0 bridgehead atoms. The first-order chi connectivity index (χ1) is 12.5. The Morgan fingerprint density at radius 1 is 1.12 bits per heavy atom. The van der Waals surface area contributed by atoms with Gasteiger partial charge in [-0.1, -0.05) is 17.3 Å². The number of hydrogen-bond donors (Lipinski definition) is 1. The molecule has 2 aromatic heterocycles. The fourth-order valence-corrected chi connectivity index (χ4v) is 3.21. The Hall–Kier alpha value is -3.15. The number of hydrogen-bond acceptors (Lipinski definition) is 3. The van der Waals surface area contributed by atoms with E-state index in [-0.39, 0.29) is 17.7 Å². The normalized spacial score (nSPS) is 11.6. The van der Waals surface area contributed by atoms with E-state index < -0.39 is 0 Å². The van der Waals surface area contributed by atoms with Crippen molar-refractivity contribution in [3.05, 3.63) is 60.2 Å². The molecule has 4 rings (SSSR count). The van der Waals surface area contributed by atoms with Crippen molar-refractivity contribution in [2.24, 2.45) is 0 Å². The number of fused-ring (bicyclic) bond motifs is 1. The summed E-state index contributed by atoms with van der Waals surface area (Å²) >= 11 is 0. The highest BCUT2D eigenvalue weighted by Crippen LogP contribution is 2.33. The van der Waals surface area contributed by atoms with Crippen molar-refractivity contribution in [3.8, 4) is 22.8 Å². The molecule has 0 atom stereocenters. The van der Waals surface area contributed by atoms with E-state index in [1.54, 1.807) is 16.8 Å². The molecule has 0 saturated heterocycles. The van der Waals surface area contributed by atoms with E-state index in [0.717, 1.165) is 27.7 Å². The van der Waals surface area contributed by atoms with Crippen LogP contribution in [-0.2, 0) is 0 Å². The fraction of sp³-hybridized carbons (Fsp3) is 0.200. The van der Waals surface area contributed by atoms with Crippen LogP contribution in [0.1, 0.15) is 25.6 Å². The summed E-state index contributed by atoms with van der Waals surface area (Å²) in [6, 6.07) is 12.2. The zero-order valence-corrected chi connectivity index (χ0v) is 14.8. The van der Waals surface area contributed by atoms with E-state index in [1.807, 2.05) is 49.7 Å². The molecule has 0 unspecified atom stereocenters. The molecule has 2 heterocycles. The molecule has 0 aliphatic heterocycles. The van der Waals surface area contributed by atoms with Gasteiger partial charge in [-0.05, 0) is 51.1 Å². The highest BCUT2D eigenvalue weighted by molar-refractivity contribution is 5.91. The number of nitrogens with zero attached hydrogens (tertiary/aromatic N) is 4. The summed E-state index contributed by atoms with van der Waals surface area (Å²) in [4.78, 5) is 0. The van der Waals surface area contributed by atoms with Crippen molar-refractivity contribution < 1.29 is 9.50 Å². The number of benzene rings is 2. The summed E-state index contributed by atoms with van der Waals surface area (Å²) in [5.74, 6) is -0.0486. The lowest BCUT2D eigenvalue weighted by Crippen LogP contribution is -1.99. The van der Waals surface area contributed by atoms with Crippen LogP contribution in [0.25, 0.3) is 27.7 Å². The Balaban J connectivity index is 1.81. The zero-order chi connectivity index (χ0) is 18.4. The van der Waals surface area contributed by atoms with Crippen molar-refractivity contribution in [1.29, 1.82) is 0 Å². The predicted molar refractivity (Wildman–Crippen MR) is 99.0 cm³/mol. The molecule has 0 saturated carbocycles. The molecular weight excluding hydrogens is 331 g/mol. The highest BCUT2D eigenvalue weighted by Gasteiger charge is 2.15. The van der Waals surface area contributed by atoms with Crippen LogP contribution in [0.15, 0.2) is 48.7 Å². The molecule has 2 aromatic carbocycles. The van der Waals surface area contributed by atoms with Gasteiger partial charge in [0.2, 0.25) is 0 Å². The van der Waals surface area contributed by atoms with E-state index in [4.69, 9.17) is 0 Å². The summed E-state index contributed by atoms with van der Waals surface area (Å²) in [7, 11) is 0. The maximum atomic E-state index is 13.5. The van der Waals surface area contributed by atoms with Crippen molar-refractivity contribution in [2.75, 3.05) is 0 Å². The number of aromatic hydroxyl groups is 1. The summed E-state index contributed by atoms with van der Waals surface area (Å²) < 4.78 is 17.0. The average Bonchev–Trinajstić information content (AvgIpc) is 3.15. The minimum atomic E-state index is -0.314. The molecule has 132 valence electrons. The second-order valence-corrected chi connectivity index (χ2v) is 6.67. The molecule has 5 nitrogen and oxygen atoms in total. The Kier molecular flexibility index (Phi) is 3.76. The van der Waals surface area contributed by atoms with Gasteiger partial charge in [-0.15, -0.1) is 5.10 Å². The van der Waals surface area contributed by atoms with Crippen LogP contribution in [0, 0.1) is 12.7 Å². The van der Waals surface area contributed by atoms with Crippen molar-refractivity contribution in [3.63, 3.8) is 0 Å². The summed E-state index contributed by atoms with van der Waals surface area (Å²) in [5, 5.41) is 20.6. The first-order valence-corrected chi connectivity index (χ1v) is 8.48. The van der Waals surface area contributed by atoms with Crippen LogP contribution >= 0.6 is 0 Å². The van der Waals surface area contributed by atoms with Crippen LogP contribution in [0.2, 0.25) is 0 Å². The van der Waals surface area contributed by atoms with Gasteiger partial charge in [0, 0.05) is 28.6 Å². The molecular formula is C20H19FN4O. The van der Waals surface area contributed by atoms with Crippen LogP contribution in [-0.4, -0.2) is 24.7 Å². The lowest BCUT2D eigenvalue weighted by atomic mass is 10.1. The minimum absolute atomic E-state index is 0.168. The van der Waals surface area contributed by atoms with E-state index >= 15 is 0 Å². The third kappa shape index (κ3) is 2.54. The van der Waals surface area contributed by atoms with Gasteiger partial charge in [0.15, 0.2) is 5.88 Å². The van der Waals surface area contributed by atoms with Gasteiger partial charge >= 0.3 is 0 Å². The third-order valence-corrected chi connectivity index (χ3v) is 4.59. The second kappa shape index (κ2) is 5.98. The monoisotopic (exact) mass is 350 g/mol. The average molecular weight is 350 g/mol. The van der Waals surface area contributed by atoms with Gasteiger partial charge in [-0.25, -0.2) is 9.07 Å². The van der Waals surface area contributed by atoms with Crippen LogP contribution in [0.4, 0.5) is 4.39 Å². The van der Waals surface area contributed by atoms with Crippen molar-refractivity contribution >= 4 is 10.8 Å². The molecule has 4 aromatic rings. The highest BCUT2D eigenvalue weighted by atomic mass is 19.1. The molecule has 0 aliphatic rings. The standard InChI is InChI=1S/C20H19FN4O/c1-12(2)24-11-15-9-14(7-8-18(15)20(24)26)19-13(3)25(23-22-19)17-6-4-5-16(21)10-17/h4-12,26H,1-3H3. The lowest BCUT2D eigenvalue weighted by Gasteiger charge is -2.07. The fourth-order valence-electron chi connectivity index (χ4n) is 3.21. The van der Waals surface area contributed by atoms with Gasteiger partial charge in [0.1, 0.15) is 11.5 Å². The lowest BCUT2D eigenvalue weighted by molar-refractivity contribution is 0.405. The summed E-state index contributed by atoms with van der Waals surface area (Å²) in [5.41, 5.74) is 3.08. The number of aromatic nitrogens is 4. The maximum absolute atomic E-state index is 13.5. The van der Waals surface area contributed by atoms with E-state index in [2.05, 4.69) is 10.3 Å². The van der Waals surface area contributed by atoms with Gasteiger partial charge in [0.25, 0.3) is 0 Å². The van der Waals surface area contributed by atoms with Crippen LogP contribution in [0.3, 0.4) is 0 Å². The predicted octanol–water partition coefficient (Wildman–Crippen LogP) is 4.62. The first kappa shape index (κ1) is 16.3. The Bertz CT molecular complexity index is 1110. The van der Waals surface area contributed by atoms with Crippen molar-refractivity contribution in [1.82, 2.24) is 19.6 Å². The number of halogens is 1. The molecule has 0 aliphatic carbocycles. The quantitative estimate of drug-likeness (QED) is 0.586. The van der Waals surface area contributed by atoms with Crippen LogP contribution < -0.4 is 0 Å². The van der Waals surface area contributed by atoms with Gasteiger partial charge < -0.3 is 9.67 Å². The Morgan fingerprint density at radius 2 is 1.92 bits per heavy atom. The van der Waals surface area contributed by atoms with Crippen molar-refractivity contribution in [2.45, 2.75) is 26.8 Å².